The van der Waals surface area contributed by atoms with E-state index >= 15 is 0 Å². The summed E-state index contributed by atoms with van der Waals surface area (Å²) in [4.78, 5) is 25.2. The molecule has 34 heavy (non-hydrogen) atoms. The van der Waals surface area contributed by atoms with Crippen LogP contribution in [0, 0.1) is 0 Å². The van der Waals surface area contributed by atoms with E-state index in [0.717, 1.165) is 27.6 Å². The Morgan fingerprint density at radius 3 is 2.24 bits per heavy atom. The molecule has 6 nitrogen and oxygen atoms in total. The maximum absolute atomic E-state index is 14.0. The molecule has 0 aliphatic rings. The number of hydrogen-bond donors (Lipinski definition) is 0. The summed E-state index contributed by atoms with van der Waals surface area (Å²) in [5, 5.41) is 1.03. The molecule has 0 saturated heterocycles. The van der Waals surface area contributed by atoms with E-state index in [1.54, 1.807) is 66.7 Å². The minimum atomic E-state index is -4.30. The highest BCUT2D eigenvalue weighted by atomic mass is 32.2. The van der Waals surface area contributed by atoms with Crippen molar-refractivity contribution in [2.24, 2.45) is 0 Å². The number of fused-ring (bicyclic) bond motifs is 3. The lowest BCUT2D eigenvalue weighted by Crippen LogP contribution is -2.37. The van der Waals surface area contributed by atoms with Crippen LogP contribution in [0.3, 0.4) is 0 Å². The van der Waals surface area contributed by atoms with Crippen molar-refractivity contribution in [3.8, 4) is 0 Å². The molecule has 1 amide bonds. The smallest absolute Gasteiger partial charge is 0.396 e. The molecule has 0 radical (unpaired) electrons. The number of carbonyl (C=O) groups is 1. The fraction of sp³-hybridized carbons (Fsp3) is 0.0769. The molecule has 0 N–H and O–H groups in total. The Morgan fingerprint density at radius 2 is 1.56 bits per heavy atom. The van der Waals surface area contributed by atoms with Crippen molar-refractivity contribution < 1.29 is 17.6 Å². The summed E-state index contributed by atoms with van der Waals surface area (Å²) >= 11 is 0.862. The van der Waals surface area contributed by atoms with Gasteiger partial charge < -0.3 is 4.42 Å². The van der Waals surface area contributed by atoms with Crippen molar-refractivity contribution in [1.82, 2.24) is 0 Å². The van der Waals surface area contributed by atoms with Crippen LogP contribution in [0.4, 0.5) is 5.69 Å². The maximum atomic E-state index is 14.0. The molecule has 0 unspecified atom stereocenters. The van der Waals surface area contributed by atoms with Gasteiger partial charge in [-0.05, 0) is 42.3 Å². The number of carbonyl (C=O) groups excluding carboxylic acids is 1. The first kappa shape index (κ1) is 22.1. The lowest BCUT2D eigenvalue weighted by atomic mass is 10.1. The molecule has 0 fully saturated rings. The average molecular weight is 490 g/mol. The van der Waals surface area contributed by atoms with Crippen LogP contribution in [0.15, 0.2) is 99.0 Å². The summed E-state index contributed by atoms with van der Waals surface area (Å²) in [6.07, 6.45) is 0.758. The predicted octanol–water partition coefficient (Wildman–Crippen LogP) is 5.61. The van der Waals surface area contributed by atoms with Gasteiger partial charge in [0.15, 0.2) is 5.58 Å². The van der Waals surface area contributed by atoms with Crippen molar-refractivity contribution in [1.29, 1.82) is 0 Å². The van der Waals surface area contributed by atoms with Crippen LogP contribution >= 0.6 is 11.3 Å². The molecule has 1 heterocycles. The van der Waals surface area contributed by atoms with Gasteiger partial charge in [-0.15, -0.1) is 0 Å². The molecule has 0 spiro atoms. The molecular weight excluding hydrogens is 470 g/mol. The highest BCUT2D eigenvalue weighted by Crippen LogP contribution is 2.38. The third-order valence-electron chi connectivity index (χ3n) is 5.61. The second-order valence-electron chi connectivity index (χ2n) is 7.66. The number of hydrogen-bond acceptors (Lipinski definition) is 6. The third-order valence-corrected chi connectivity index (χ3v) is 8.10. The molecule has 0 saturated carbocycles. The Balaban J connectivity index is 1.82. The second kappa shape index (κ2) is 8.55. The van der Waals surface area contributed by atoms with E-state index in [1.165, 1.54) is 18.2 Å². The highest BCUT2D eigenvalue weighted by Gasteiger charge is 2.34. The van der Waals surface area contributed by atoms with Crippen LogP contribution in [0.1, 0.15) is 22.8 Å². The SMILES string of the molecule is CCc1ccc(S(=O)(=O)N(C(=O)c2ccccc2)c2cc3sc(=O)oc3c3ccccc23)cc1. The lowest BCUT2D eigenvalue weighted by molar-refractivity contribution is 0.101. The lowest BCUT2D eigenvalue weighted by Gasteiger charge is -2.24. The zero-order valence-corrected chi connectivity index (χ0v) is 19.7. The number of nitrogens with zero attached hydrogens (tertiary/aromatic N) is 1. The largest absolute Gasteiger partial charge is 0.413 e. The van der Waals surface area contributed by atoms with E-state index in [9.17, 15) is 18.0 Å². The molecule has 0 aliphatic carbocycles. The minimum Gasteiger partial charge on any atom is -0.413 e. The maximum Gasteiger partial charge on any atom is 0.396 e. The quantitative estimate of drug-likeness (QED) is 0.321. The van der Waals surface area contributed by atoms with E-state index in [1.807, 2.05) is 6.92 Å². The molecule has 0 aliphatic heterocycles. The molecule has 0 atom stereocenters. The number of amides is 1. The summed E-state index contributed by atoms with van der Waals surface area (Å²) in [5.41, 5.74) is 1.73. The van der Waals surface area contributed by atoms with Gasteiger partial charge in [-0.2, -0.15) is 4.31 Å². The first-order valence-corrected chi connectivity index (χ1v) is 12.8. The number of benzene rings is 4. The summed E-state index contributed by atoms with van der Waals surface area (Å²) in [7, 11) is -4.30. The Hall–Kier alpha value is -3.75. The predicted molar refractivity (Wildman–Crippen MR) is 134 cm³/mol. The van der Waals surface area contributed by atoms with Crippen LogP contribution in [0.5, 0.6) is 0 Å². The average Bonchev–Trinajstić information content (AvgIpc) is 3.25. The number of rotatable bonds is 5. The van der Waals surface area contributed by atoms with Gasteiger partial charge in [0.25, 0.3) is 15.9 Å². The fourth-order valence-electron chi connectivity index (χ4n) is 3.90. The first-order chi connectivity index (χ1) is 16.4. The molecule has 5 rings (SSSR count). The van der Waals surface area contributed by atoms with E-state index < -0.39 is 20.9 Å². The molecule has 170 valence electrons. The van der Waals surface area contributed by atoms with Gasteiger partial charge in [-0.3, -0.25) is 4.79 Å². The van der Waals surface area contributed by atoms with Gasteiger partial charge in [-0.25, -0.2) is 13.2 Å². The zero-order valence-electron chi connectivity index (χ0n) is 18.1. The van der Waals surface area contributed by atoms with Gasteiger partial charge in [0.2, 0.25) is 0 Å². The van der Waals surface area contributed by atoms with Gasteiger partial charge in [0, 0.05) is 16.3 Å². The standard InChI is InChI=1S/C26H19NO5S2/c1-2-17-12-14-19(15-13-17)34(30,31)27(25(28)18-8-4-3-5-9-18)22-16-23-24(32-26(29)33-23)21-11-7-6-10-20(21)22/h3-16H,2H2,1H3. The Kier molecular flexibility index (Phi) is 5.55. The topological polar surface area (TPSA) is 84.7 Å². The Bertz CT molecular complexity index is 1680. The summed E-state index contributed by atoms with van der Waals surface area (Å²) in [5.74, 6) is -0.694. The van der Waals surface area contributed by atoms with Crippen molar-refractivity contribution in [3.05, 3.63) is 106 Å². The molecule has 4 aromatic carbocycles. The Morgan fingerprint density at radius 1 is 0.912 bits per heavy atom. The van der Waals surface area contributed by atoms with Gasteiger partial charge in [0.05, 0.1) is 15.3 Å². The van der Waals surface area contributed by atoms with Crippen molar-refractivity contribution in [2.45, 2.75) is 18.2 Å². The van der Waals surface area contributed by atoms with E-state index in [-0.39, 0.29) is 16.1 Å². The van der Waals surface area contributed by atoms with Crippen LogP contribution < -0.4 is 9.24 Å². The molecule has 8 heteroatoms. The van der Waals surface area contributed by atoms with E-state index in [0.29, 0.717) is 21.1 Å². The number of sulfonamides is 1. The van der Waals surface area contributed by atoms with Crippen LogP contribution in [0.25, 0.3) is 21.1 Å². The summed E-state index contributed by atoms with van der Waals surface area (Å²) in [6.45, 7) is 1.98. The second-order valence-corrected chi connectivity index (χ2v) is 10.4. The van der Waals surface area contributed by atoms with Crippen molar-refractivity contribution in [2.75, 3.05) is 4.31 Å². The third kappa shape index (κ3) is 3.70. The van der Waals surface area contributed by atoms with Crippen molar-refractivity contribution >= 4 is 54.0 Å². The Labute approximate surface area is 199 Å². The molecule has 0 bridgehead atoms. The molecule has 5 aromatic rings. The van der Waals surface area contributed by atoms with Crippen LogP contribution in [0.2, 0.25) is 0 Å². The minimum absolute atomic E-state index is 0.00135. The number of aryl methyl sites for hydroxylation is 1. The molecule has 1 aromatic heterocycles. The summed E-state index contributed by atoms with van der Waals surface area (Å²) < 4.78 is 34.6. The van der Waals surface area contributed by atoms with Gasteiger partial charge >= 0.3 is 4.94 Å². The van der Waals surface area contributed by atoms with Crippen molar-refractivity contribution in [3.63, 3.8) is 0 Å². The van der Waals surface area contributed by atoms with E-state index in [2.05, 4.69) is 0 Å². The normalized spacial score (nSPS) is 11.7. The fourth-order valence-corrected chi connectivity index (χ4v) is 6.04. The monoisotopic (exact) mass is 489 g/mol. The first-order valence-electron chi connectivity index (χ1n) is 10.6. The summed E-state index contributed by atoms with van der Waals surface area (Å²) in [6, 6.07) is 23.2. The molecular formula is C26H19NO5S2. The van der Waals surface area contributed by atoms with Crippen LogP contribution in [-0.4, -0.2) is 14.3 Å². The highest BCUT2D eigenvalue weighted by molar-refractivity contribution is 7.93. The van der Waals surface area contributed by atoms with Gasteiger partial charge in [-0.1, -0.05) is 72.9 Å². The van der Waals surface area contributed by atoms with Gasteiger partial charge in [0.1, 0.15) is 0 Å². The zero-order chi connectivity index (χ0) is 23.9. The number of anilines is 1. The van der Waals surface area contributed by atoms with E-state index in [4.69, 9.17) is 4.42 Å². The van der Waals surface area contributed by atoms with Crippen LogP contribution in [-0.2, 0) is 16.4 Å².